The van der Waals surface area contributed by atoms with E-state index in [1.807, 2.05) is 0 Å². The highest BCUT2D eigenvalue weighted by atomic mass is 16.5. The van der Waals surface area contributed by atoms with Crippen LogP contribution in [-0.2, 0) is 0 Å². The van der Waals surface area contributed by atoms with Crippen molar-refractivity contribution in [3.8, 4) is 0 Å². The lowest BCUT2D eigenvalue weighted by molar-refractivity contribution is -0.0561. The molecule has 14 heavy (non-hydrogen) atoms. The maximum Gasteiger partial charge on any atom is 0.159 e. The van der Waals surface area contributed by atoms with Crippen molar-refractivity contribution in [2.24, 2.45) is 0 Å². The molecule has 0 radical (unpaired) electrons. The van der Waals surface area contributed by atoms with E-state index < -0.39 is 6.29 Å². The smallest absolute Gasteiger partial charge is 0.159 e. The van der Waals surface area contributed by atoms with E-state index in [2.05, 4.69) is 0 Å². The third kappa shape index (κ3) is 2.40. The number of ketones is 1. The first-order valence-corrected chi connectivity index (χ1v) is 4.49. The van der Waals surface area contributed by atoms with Crippen LogP contribution in [0.25, 0.3) is 0 Å². The van der Waals surface area contributed by atoms with E-state index in [1.54, 1.807) is 31.2 Å². The second-order valence-corrected chi connectivity index (χ2v) is 3.38. The normalized spacial score (nSPS) is 12.9. The molecule has 1 aromatic carbocycles. The second kappa shape index (κ2) is 4.35. The molecule has 0 aliphatic carbocycles. The molecule has 0 bridgehead atoms. The van der Waals surface area contributed by atoms with E-state index in [9.17, 15) is 4.79 Å². The third-order valence-electron chi connectivity index (χ3n) is 2.29. The molecule has 0 spiro atoms. The molecule has 2 N–H and O–H groups in total. The van der Waals surface area contributed by atoms with E-state index >= 15 is 0 Å². The van der Waals surface area contributed by atoms with E-state index in [1.165, 1.54) is 6.92 Å². The summed E-state index contributed by atoms with van der Waals surface area (Å²) in [7, 11) is 0. The molecular weight excluding hydrogens is 180 g/mol. The summed E-state index contributed by atoms with van der Waals surface area (Å²) in [6, 6.07) is 6.86. The van der Waals surface area contributed by atoms with E-state index in [4.69, 9.17) is 10.2 Å². The minimum Gasteiger partial charge on any atom is -0.368 e. The van der Waals surface area contributed by atoms with Gasteiger partial charge in [-0.25, -0.2) is 0 Å². The van der Waals surface area contributed by atoms with Gasteiger partial charge in [-0.2, -0.15) is 0 Å². The SMILES string of the molecule is CC(=O)c1ccc(C(C)C(O)O)cc1. The molecule has 0 fully saturated rings. The molecule has 3 nitrogen and oxygen atoms in total. The van der Waals surface area contributed by atoms with Crippen LogP contribution in [0, 0.1) is 0 Å². The van der Waals surface area contributed by atoms with Crippen molar-refractivity contribution in [2.45, 2.75) is 26.1 Å². The Balaban J connectivity index is 2.88. The van der Waals surface area contributed by atoms with Gasteiger partial charge >= 0.3 is 0 Å². The van der Waals surface area contributed by atoms with Crippen LogP contribution in [0.1, 0.15) is 35.7 Å². The summed E-state index contributed by atoms with van der Waals surface area (Å²) >= 11 is 0. The maximum atomic E-state index is 11.0. The number of carbonyl (C=O) groups excluding carboxylic acids is 1. The van der Waals surface area contributed by atoms with Gasteiger partial charge in [-0.3, -0.25) is 4.79 Å². The lowest BCUT2D eigenvalue weighted by Gasteiger charge is -2.13. The molecular formula is C11H14O3. The molecule has 1 unspecified atom stereocenters. The number of rotatable bonds is 3. The Morgan fingerprint density at radius 3 is 2.07 bits per heavy atom. The number of aliphatic hydroxyl groups is 2. The van der Waals surface area contributed by atoms with Crippen molar-refractivity contribution >= 4 is 5.78 Å². The number of hydrogen-bond acceptors (Lipinski definition) is 3. The highest BCUT2D eigenvalue weighted by Crippen LogP contribution is 2.18. The lowest BCUT2D eigenvalue weighted by atomic mass is 9.99. The Kier molecular flexibility index (Phi) is 3.38. The average molecular weight is 194 g/mol. The van der Waals surface area contributed by atoms with Gasteiger partial charge in [0, 0.05) is 11.5 Å². The molecule has 0 saturated carbocycles. The molecule has 0 saturated heterocycles. The summed E-state index contributed by atoms with van der Waals surface area (Å²) in [4.78, 5) is 11.0. The van der Waals surface area contributed by atoms with E-state index in [0.717, 1.165) is 5.56 Å². The quantitative estimate of drug-likeness (QED) is 0.563. The fraction of sp³-hybridized carbons (Fsp3) is 0.364. The monoisotopic (exact) mass is 194 g/mol. The summed E-state index contributed by atoms with van der Waals surface area (Å²) in [6.45, 7) is 3.22. The van der Waals surface area contributed by atoms with Gasteiger partial charge in [-0.1, -0.05) is 31.2 Å². The Morgan fingerprint density at radius 1 is 1.21 bits per heavy atom. The standard InChI is InChI=1S/C11H14O3/c1-7(11(13)14)9-3-5-10(6-4-9)8(2)12/h3-7,11,13-14H,1-2H3. The number of aliphatic hydroxyl groups excluding tert-OH is 1. The zero-order valence-corrected chi connectivity index (χ0v) is 8.27. The molecule has 1 atom stereocenters. The van der Waals surface area contributed by atoms with Crippen LogP contribution in [0.15, 0.2) is 24.3 Å². The summed E-state index contributed by atoms with van der Waals surface area (Å²) < 4.78 is 0. The van der Waals surface area contributed by atoms with Gasteiger partial charge in [0.05, 0.1) is 0 Å². The Morgan fingerprint density at radius 2 is 1.71 bits per heavy atom. The van der Waals surface area contributed by atoms with Crippen molar-refractivity contribution in [2.75, 3.05) is 0 Å². The van der Waals surface area contributed by atoms with Gasteiger partial charge < -0.3 is 10.2 Å². The second-order valence-electron chi connectivity index (χ2n) is 3.38. The molecule has 1 rings (SSSR count). The molecule has 0 aromatic heterocycles. The van der Waals surface area contributed by atoms with Gasteiger partial charge in [-0.15, -0.1) is 0 Å². The van der Waals surface area contributed by atoms with E-state index in [0.29, 0.717) is 5.56 Å². The van der Waals surface area contributed by atoms with Gasteiger partial charge in [0.1, 0.15) is 0 Å². The van der Waals surface area contributed by atoms with Crippen molar-refractivity contribution in [1.29, 1.82) is 0 Å². The van der Waals surface area contributed by atoms with Gasteiger partial charge in [0.15, 0.2) is 12.1 Å². The number of benzene rings is 1. The average Bonchev–Trinajstić information content (AvgIpc) is 2.16. The van der Waals surface area contributed by atoms with Crippen LogP contribution < -0.4 is 0 Å². The fourth-order valence-electron chi connectivity index (χ4n) is 1.19. The van der Waals surface area contributed by atoms with Crippen LogP contribution in [-0.4, -0.2) is 22.3 Å². The van der Waals surface area contributed by atoms with Crippen LogP contribution in [0.5, 0.6) is 0 Å². The maximum absolute atomic E-state index is 11.0. The van der Waals surface area contributed by atoms with Crippen LogP contribution in [0.3, 0.4) is 0 Å². The third-order valence-corrected chi connectivity index (χ3v) is 2.29. The summed E-state index contributed by atoms with van der Waals surface area (Å²) in [5.74, 6) is -0.329. The van der Waals surface area contributed by atoms with Crippen LogP contribution >= 0.6 is 0 Å². The first-order chi connectivity index (χ1) is 6.52. The molecule has 1 aromatic rings. The van der Waals surface area contributed by atoms with Gasteiger partial charge in [0.25, 0.3) is 0 Å². The largest absolute Gasteiger partial charge is 0.368 e. The van der Waals surface area contributed by atoms with Crippen molar-refractivity contribution in [1.82, 2.24) is 0 Å². The molecule has 76 valence electrons. The molecule has 3 heteroatoms. The number of Topliss-reactive ketones (excluding diaryl/α,β-unsaturated/α-hetero) is 1. The summed E-state index contributed by atoms with van der Waals surface area (Å²) in [5, 5.41) is 17.9. The predicted octanol–water partition coefficient (Wildman–Crippen LogP) is 1.30. The minimum atomic E-state index is -1.36. The lowest BCUT2D eigenvalue weighted by Crippen LogP contribution is -2.14. The molecule has 0 heterocycles. The highest BCUT2D eigenvalue weighted by molar-refractivity contribution is 5.94. The van der Waals surface area contributed by atoms with Crippen LogP contribution in [0.4, 0.5) is 0 Å². The zero-order valence-electron chi connectivity index (χ0n) is 8.27. The molecule has 0 amide bonds. The molecule has 0 aliphatic heterocycles. The highest BCUT2D eigenvalue weighted by Gasteiger charge is 2.12. The Labute approximate surface area is 83.0 Å². The Bertz CT molecular complexity index is 314. The van der Waals surface area contributed by atoms with Gasteiger partial charge in [0.2, 0.25) is 0 Å². The number of hydrogen-bond donors (Lipinski definition) is 2. The van der Waals surface area contributed by atoms with Crippen molar-refractivity contribution in [3.05, 3.63) is 35.4 Å². The Hall–Kier alpha value is -1.19. The molecule has 0 aliphatic rings. The van der Waals surface area contributed by atoms with Crippen molar-refractivity contribution in [3.63, 3.8) is 0 Å². The first kappa shape index (κ1) is 10.9. The zero-order chi connectivity index (χ0) is 10.7. The first-order valence-electron chi connectivity index (χ1n) is 4.49. The van der Waals surface area contributed by atoms with Crippen molar-refractivity contribution < 1.29 is 15.0 Å². The van der Waals surface area contributed by atoms with Gasteiger partial charge in [-0.05, 0) is 12.5 Å². The topological polar surface area (TPSA) is 57.5 Å². The minimum absolute atomic E-state index is 0.00810. The summed E-state index contributed by atoms with van der Waals surface area (Å²) in [5.41, 5.74) is 1.44. The fourth-order valence-corrected chi connectivity index (χ4v) is 1.19. The number of carbonyl (C=O) groups is 1. The summed E-state index contributed by atoms with van der Waals surface area (Å²) in [6.07, 6.45) is -1.36. The predicted molar refractivity (Wildman–Crippen MR) is 53.1 cm³/mol. The van der Waals surface area contributed by atoms with E-state index in [-0.39, 0.29) is 11.7 Å². The van der Waals surface area contributed by atoms with Crippen LogP contribution in [0.2, 0.25) is 0 Å².